The first kappa shape index (κ1) is 15.0. The third kappa shape index (κ3) is 2.87. The second-order valence-corrected chi connectivity index (χ2v) is 6.77. The van der Waals surface area contributed by atoms with Gasteiger partial charge in [-0.25, -0.2) is 0 Å². The fourth-order valence-corrected chi connectivity index (χ4v) is 3.41. The summed E-state index contributed by atoms with van der Waals surface area (Å²) in [5.74, 6) is 1.36. The van der Waals surface area contributed by atoms with Crippen LogP contribution in [0.3, 0.4) is 0 Å². The molecule has 1 atom stereocenters. The summed E-state index contributed by atoms with van der Waals surface area (Å²) in [5.41, 5.74) is 0.891. The van der Waals surface area contributed by atoms with Crippen LogP contribution < -0.4 is 5.32 Å². The Morgan fingerprint density at radius 1 is 1.48 bits per heavy atom. The Morgan fingerprint density at radius 3 is 3.00 bits per heavy atom. The van der Waals surface area contributed by atoms with Crippen molar-refractivity contribution in [2.45, 2.75) is 31.6 Å². The number of aromatic nitrogens is 2. The number of rotatable bonds is 4. The van der Waals surface area contributed by atoms with Crippen LogP contribution in [0.1, 0.15) is 32.1 Å². The summed E-state index contributed by atoms with van der Waals surface area (Å²) >= 11 is 9.44. The highest BCUT2D eigenvalue weighted by molar-refractivity contribution is 9.10. The van der Waals surface area contributed by atoms with Gasteiger partial charge in [-0.2, -0.15) is 4.98 Å². The maximum Gasteiger partial charge on any atom is 0.234 e. The van der Waals surface area contributed by atoms with E-state index in [4.69, 9.17) is 16.1 Å². The quantitative estimate of drug-likeness (QED) is 0.877. The Balaban J connectivity index is 1.93. The average molecular weight is 371 g/mol. The molecule has 1 aliphatic heterocycles. The van der Waals surface area contributed by atoms with Crippen molar-refractivity contribution in [1.82, 2.24) is 15.5 Å². The molecule has 4 nitrogen and oxygen atoms in total. The summed E-state index contributed by atoms with van der Waals surface area (Å²) < 4.78 is 6.41. The number of hydrogen-bond donors (Lipinski definition) is 1. The van der Waals surface area contributed by atoms with Gasteiger partial charge in [-0.05, 0) is 53.5 Å². The maximum absolute atomic E-state index is 6.02. The smallest absolute Gasteiger partial charge is 0.234 e. The van der Waals surface area contributed by atoms with Gasteiger partial charge in [0, 0.05) is 16.6 Å². The van der Waals surface area contributed by atoms with E-state index in [0.29, 0.717) is 10.8 Å². The molecule has 112 valence electrons. The van der Waals surface area contributed by atoms with Crippen LogP contribution in [0.2, 0.25) is 5.02 Å². The average Bonchev–Trinajstić information content (AvgIpc) is 3.12. The molecule has 1 aromatic heterocycles. The fourth-order valence-electron chi connectivity index (χ4n) is 2.92. The van der Waals surface area contributed by atoms with Gasteiger partial charge in [0.15, 0.2) is 0 Å². The predicted octanol–water partition coefficient (Wildman–Crippen LogP) is 4.18. The normalized spacial score (nSPS) is 21.9. The lowest BCUT2D eigenvalue weighted by molar-refractivity contribution is 0.277. The molecule has 0 bridgehead atoms. The molecule has 21 heavy (non-hydrogen) atoms. The number of nitrogens with one attached hydrogen (secondary N) is 1. The van der Waals surface area contributed by atoms with Gasteiger partial charge in [-0.15, -0.1) is 0 Å². The molecular formula is C15H17BrClN3O. The Kier molecular flexibility index (Phi) is 4.33. The molecule has 2 heterocycles. The molecule has 0 spiro atoms. The number of benzene rings is 1. The Bertz CT molecular complexity index is 638. The van der Waals surface area contributed by atoms with E-state index in [2.05, 4.69) is 38.3 Å². The highest BCUT2D eigenvalue weighted by atomic mass is 79.9. The summed E-state index contributed by atoms with van der Waals surface area (Å²) in [6, 6.07) is 5.65. The van der Waals surface area contributed by atoms with Crippen molar-refractivity contribution in [2.24, 2.45) is 0 Å². The minimum absolute atomic E-state index is 0.0103. The number of halogens is 2. The minimum Gasteiger partial charge on any atom is -0.338 e. The Morgan fingerprint density at radius 2 is 2.33 bits per heavy atom. The molecule has 1 aliphatic rings. The summed E-state index contributed by atoms with van der Waals surface area (Å²) in [6.07, 6.45) is 3.21. The first-order valence-electron chi connectivity index (χ1n) is 7.15. The Labute approximate surface area is 137 Å². The van der Waals surface area contributed by atoms with Crippen LogP contribution in [0.25, 0.3) is 11.4 Å². The van der Waals surface area contributed by atoms with Crippen LogP contribution in [-0.4, -0.2) is 23.2 Å². The summed E-state index contributed by atoms with van der Waals surface area (Å²) in [6.45, 7) is 4.10. The molecule has 0 aliphatic carbocycles. The van der Waals surface area contributed by atoms with E-state index in [0.717, 1.165) is 48.3 Å². The molecule has 0 saturated carbocycles. The molecule has 1 unspecified atom stereocenters. The van der Waals surface area contributed by atoms with E-state index < -0.39 is 0 Å². The summed E-state index contributed by atoms with van der Waals surface area (Å²) in [5, 5.41) is 8.23. The van der Waals surface area contributed by atoms with Crippen molar-refractivity contribution in [1.29, 1.82) is 0 Å². The topological polar surface area (TPSA) is 51.0 Å². The van der Waals surface area contributed by atoms with Gasteiger partial charge in [-0.1, -0.05) is 30.1 Å². The molecule has 1 N–H and O–H groups in total. The van der Waals surface area contributed by atoms with Crippen molar-refractivity contribution < 1.29 is 4.52 Å². The van der Waals surface area contributed by atoms with E-state index >= 15 is 0 Å². The van der Waals surface area contributed by atoms with Crippen molar-refractivity contribution in [2.75, 3.05) is 13.1 Å². The van der Waals surface area contributed by atoms with E-state index in [-0.39, 0.29) is 5.41 Å². The predicted molar refractivity (Wildman–Crippen MR) is 86.5 cm³/mol. The van der Waals surface area contributed by atoms with Crippen LogP contribution in [-0.2, 0) is 5.41 Å². The standard InChI is InChI=1S/C15H17BrClN3O/c1-2-5-15(6-7-18-9-15)14-19-13(20-21-14)10-3-4-12(17)11(16)8-10/h3-4,8,18H,2,5-7,9H2,1H3. The second-order valence-electron chi connectivity index (χ2n) is 5.51. The lowest BCUT2D eigenvalue weighted by Crippen LogP contribution is -2.29. The highest BCUT2D eigenvalue weighted by Crippen LogP contribution is 2.35. The van der Waals surface area contributed by atoms with E-state index in [1.165, 1.54) is 0 Å². The van der Waals surface area contributed by atoms with E-state index in [9.17, 15) is 0 Å². The van der Waals surface area contributed by atoms with Gasteiger partial charge >= 0.3 is 0 Å². The summed E-state index contributed by atoms with van der Waals surface area (Å²) in [7, 11) is 0. The van der Waals surface area contributed by atoms with Gasteiger partial charge in [0.1, 0.15) is 0 Å². The lowest BCUT2D eigenvalue weighted by Gasteiger charge is -2.22. The maximum atomic E-state index is 6.02. The molecule has 0 radical (unpaired) electrons. The lowest BCUT2D eigenvalue weighted by atomic mass is 9.82. The third-order valence-corrected chi connectivity index (χ3v) is 5.24. The van der Waals surface area contributed by atoms with Gasteiger partial charge in [-0.3, -0.25) is 0 Å². The molecule has 3 rings (SSSR count). The fraction of sp³-hybridized carbons (Fsp3) is 0.467. The monoisotopic (exact) mass is 369 g/mol. The first-order valence-corrected chi connectivity index (χ1v) is 8.32. The van der Waals surface area contributed by atoms with Gasteiger partial charge in [0.2, 0.25) is 11.7 Å². The van der Waals surface area contributed by atoms with Crippen LogP contribution in [0.15, 0.2) is 27.2 Å². The Hall–Kier alpha value is -0.910. The SMILES string of the molecule is CCCC1(c2nc(-c3ccc(Cl)c(Br)c3)no2)CCNC1. The van der Waals surface area contributed by atoms with Crippen LogP contribution in [0.4, 0.5) is 0 Å². The number of hydrogen-bond acceptors (Lipinski definition) is 4. The van der Waals surface area contributed by atoms with E-state index in [1.54, 1.807) is 0 Å². The van der Waals surface area contributed by atoms with E-state index in [1.807, 2.05) is 18.2 Å². The van der Waals surface area contributed by atoms with Crippen molar-refractivity contribution in [3.63, 3.8) is 0 Å². The van der Waals surface area contributed by atoms with Crippen LogP contribution in [0, 0.1) is 0 Å². The molecule has 1 saturated heterocycles. The van der Waals surface area contributed by atoms with Crippen molar-refractivity contribution in [3.8, 4) is 11.4 Å². The first-order chi connectivity index (χ1) is 10.1. The van der Waals surface area contributed by atoms with Gasteiger partial charge in [0.05, 0.1) is 10.4 Å². The van der Waals surface area contributed by atoms with Gasteiger partial charge < -0.3 is 9.84 Å². The third-order valence-electron chi connectivity index (χ3n) is 4.03. The zero-order valence-corrected chi connectivity index (χ0v) is 14.2. The van der Waals surface area contributed by atoms with Crippen LogP contribution in [0.5, 0.6) is 0 Å². The van der Waals surface area contributed by atoms with Gasteiger partial charge in [0.25, 0.3) is 0 Å². The molecule has 1 fully saturated rings. The van der Waals surface area contributed by atoms with Crippen LogP contribution >= 0.6 is 27.5 Å². The minimum atomic E-state index is -0.0103. The molecule has 0 amide bonds. The zero-order chi connectivity index (χ0) is 14.9. The highest BCUT2D eigenvalue weighted by Gasteiger charge is 2.40. The van der Waals surface area contributed by atoms with Crippen molar-refractivity contribution in [3.05, 3.63) is 33.6 Å². The summed E-state index contributed by atoms with van der Waals surface area (Å²) in [4.78, 5) is 4.64. The number of nitrogens with zero attached hydrogens (tertiary/aromatic N) is 2. The second kappa shape index (κ2) is 6.07. The molecular weight excluding hydrogens is 354 g/mol. The molecule has 6 heteroatoms. The molecule has 1 aromatic carbocycles. The zero-order valence-electron chi connectivity index (χ0n) is 11.8. The largest absolute Gasteiger partial charge is 0.338 e. The molecule has 2 aromatic rings. The van der Waals surface area contributed by atoms with Crippen molar-refractivity contribution >= 4 is 27.5 Å².